The number of rotatable bonds is 5. The first kappa shape index (κ1) is 16.8. The molecule has 0 aliphatic rings. The van der Waals surface area contributed by atoms with Gasteiger partial charge in [-0.15, -0.1) is 0 Å². The second-order valence-corrected chi connectivity index (χ2v) is 6.11. The number of aryl methyl sites for hydroxylation is 3. The van der Waals surface area contributed by atoms with Gasteiger partial charge in [-0.25, -0.2) is 5.43 Å². The molecule has 0 atom stereocenters. The number of aromatic amines is 1. The number of H-pyrrole nitrogens is 1. The van der Waals surface area contributed by atoms with E-state index in [-0.39, 0.29) is 12.5 Å². The van der Waals surface area contributed by atoms with Gasteiger partial charge in [-0.1, -0.05) is 24.3 Å². The third-order valence-electron chi connectivity index (χ3n) is 3.89. The summed E-state index contributed by atoms with van der Waals surface area (Å²) in [4.78, 5) is 15.2. The van der Waals surface area contributed by atoms with Crippen molar-refractivity contribution in [3.05, 3.63) is 64.8 Å². The third-order valence-corrected chi connectivity index (χ3v) is 3.89. The Morgan fingerprint density at radius 1 is 1.16 bits per heavy atom. The Morgan fingerprint density at radius 3 is 2.64 bits per heavy atom. The molecule has 2 aromatic carbocycles. The number of ether oxygens (including phenoxy) is 1. The lowest BCUT2D eigenvalue weighted by atomic mass is 10.1. The number of nitrogens with one attached hydrogen (secondary N) is 2. The molecule has 1 heterocycles. The molecule has 25 heavy (non-hydrogen) atoms. The lowest BCUT2D eigenvalue weighted by molar-refractivity contribution is -0.123. The molecule has 0 spiro atoms. The van der Waals surface area contributed by atoms with Crippen molar-refractivity contribution in [1.82, 2.24) is 10.4 Å². The molecule has 0 bridgehead atoms. The molecule has 0 fully saturated rings. The minimum atomic E-state index is -0.298. The van der Waals surface area contributed by atoms with Crippen LogP contribution in [-0.2, 0) is 4.79 Å². The van der Waals surface area contributed by atoms with Crippen LogP contribution in [0.1, 0.15) is 22.4 Å². The summed E-state index contributed by atoms with van der Waals surface area (Å²) in [5, 5.41) is 5.12. The standard InChI is InChI=1S/C20H21N3O2/c1-13-8-14(2)10-16(9-13)25-12-20(24)23-21-11-18-15(3)22-19-7-5-4-6-17(18)19/h4-11,22H,12H2,1-3H3,(H,23,24)/b21-11+. The Bertz CT molecular complexity index is 921. The number of hydrogen-bond acceptors (Lipinski definition) is 3. The van der Waals surface area contributed by atoms with Gasteiger partial charge < -0.3 is 9.72 Å². The number of amides is 1. The largest absolute Gasteiger partial charge is 0.484 e. The number of aromatic nitrogens is 1. The molecule has 3 aromatic rings. The van der Waals surface area contributed by atoms with E-state index in [1.165, 1.54) is 0 Å². The van der Waals surface area contributed by atoms with Crippen LogP contribution in [-0.4, -0.2) is 23.7 Å². The molecule has 3 rings (SSSR count). The van der Waals surface area contributed by atoms with Crippen molar-refractivity contribution < 1.29 is 9.53 Å². The summed E-state index contributed by atoms with van der Waals surface area (Å²) in [7, 11) is 0. The highest BCUT2D eigenvalue weighted by atomic mass is 16.5. The number of hydrazone groups is 1. The SMILES string of the molecule is Cc1cc(C)cc(OCC(=O)N/N=C/c2c(C)[nH]c3ccccc23)c1. The molecule has 0 unspecified atom stereocenters. The maximum atomic E-state index is 11.9. The number of carbonyl (C=O) groups excluding carboxylic acids is 1. The van der Waals surface area contributed by atoms with Crippen LogP contribution in [0, 0.1) is 20.8 Å². The van der Waals surface area contributed by atoms with E-state index in [4.69, 9.17) is 4.74 Å². The van der Waals surface area contributed by atoms with Crippen LogP contribution >= 0.6 is 0 Å². The number of hydrogen-bond donors (Lipinski definition) is 2. The Labute approximate surface area is 146 Å². The zero-order valence-electron chi connectivity index (χ0n) is 14.6. The predicted molar refractivity (Wildman–Crippen MR) is 100 cm³/mol. The number of para-hydroxylation sites is 1. The van der Waals surface area contributed by atoms with E-state index in [9.17, 15) is 4.79 Å². The fourth-order valence-corrected chi connectivity index (χ4v) is 2.83. The maximum absolute atomic E-state index is 11.9. The summed E-state index contributed by atoms with van der Waals surface area (Å²) in [6, 6.07) is 13.8. The van der Waals surface area contributed by atoms with Gasteiger partial charge in [0.2, 0.25) is 0 Å². The van der Waals surface area contributed by atoms with Crippen molar-refractivity contribution in [2.75, 3.05) is 6.61 Å². The molecule has 1 amide bonds. The second kappa shape index (κ2) is 7.21. The average molecular weight is 335 g/mol. The first-order valence-electron chi connectivity index (χ1n) is 8.13. The number of benzene rings is 2. The quantitative estimate of drug-likeness (QED) is 0.552. The second-order valence-electron chi connectivity index (χ2n) is 6.11. The van der Waals surface area contributed by atoms with Gasteiger partial charge in [0.15, 0.2) is 6.61 Å². The van der Waals surface area contributed by atoms with Crippen molar-refractivity contribution in [2.24, 2.45) is 5.10 Å². The monoisotopic (exact) mass is 335 g/mol. The topological polar surface area (TPSA) is 66.5 Å². The lowest BCUT2D eigenvalue weighted by Crippen LogP contribution is -2.24. The maximum Gasteiger partial charge on any atom is 0.277 e. The number of carbonyl (C=O) groups is 1. The van der Waals surface area contributed by atoms with Gasteiger partial charge in [0, 0.05) is 22.2 Å². The van der Waals surface area contributed by atoms with Gasteiger partial charge in [0.05, 0.1) is 6.21 Å². The molecular formula is C20H21N3O2. The summed E-state index contributed by atoms with van der Waals surface area (Å²) in [5.41, 5.74) is 7.72. The van der Waals surface area contributed by atoms with Crippen LogP contribution in [0.5, 0.6) is 5.75 Å². The van der Waals surface area contributed by atoms with Crippen LogP contribution < -0.4 is 10.2 Å². The zero-order chi connectivity index (χ0) is 17.8. The van der Waals surface area contributed by atoms with E-state index in [0.717, 1.165) is 33.3 Å². The molecule has 1 aromatic heterocycles. The molecule has 0 radical (unpaired) electrons. The highest BCUT2D eigenvalue weighted by molar-refractivity contribution is 6.00. The van der Waals surface area contributed by atoms with Gasteiger partial charge in [-0.3, -0.25) is 4.79 Å². The Morgan fingerprint density at radius 2 is 1.88 bits per heavy atom. The van der Waals surface area contributed by atoms with Gasteiger partial charge in [-0.05, 0) is 50.1 Å². The smallest absolute Gasteiger partial charge is 0.277 e. The summed E-state index contributed by atoms with van der Waals surface area (Å²) in [6.07, 6.45) is 1.66. The highest BCUT2D eigenvalue weighted by Gasteiger charge is 2.06. The van der Waals surface area contributed by atoms with E-state index in [2.05, 4.69) is 21.6 Å². The fourth-order valence-electron chi connectivity index (χ4n) is 2.83. The average Bonchev–Trinajstić information content (AvgIpc) is 2.88. The van der Waals surface area contributed by atoms with Crippen LogP contribution in [0.3, 0.4) is 0 Å². The molecule has 0 saturated heterocycles. The van der Waals surface area contributed by atoms with E-state index in [0.29, 0.717) is 5.75 Å². The molecule has 5 nitrogen and oxygen atoms in total. The first-order chi connectivity index (χ1) is 12.0. The molecular weight excluding hydrogens is 314 g/mol. The van der Waals surface area contributed by atoms with Crippen LogP contribution in [0.4, 0.5) is 0 Å². The summed E-state index contributed by atoms with van der Waals surface area (Å²) in [5.74, 6) is 0.386. The van der Waals surface area contributed by atoms with E-state index in [1.54, 1.807) is 6.21 Å². The molecule has 128 valence electrons. The fraction of sp³-hybridized carbons (Fsp3) is 0.200. The van der Waals surface area contributed by atoms with E-state index < -0.39 is 0 Å². The van der Waals surface area contributed by atoms with Crippen molar-refractivity contribution in [3.8, 4) is 5.75 Å². The van der Waals surface area contributed by atoms with Crippen molar-refractivity contribution >= 4 is 23.0 Å². The predicted octanol–water partition coefficient (Wildman–Crippen LogP) is 3.62. The van der Waals surface area contributed by atoms with Gasteiger partial charge in [0.1, 0.15) is 5.75 Å². The number of nitrogens with zero attached hydrogens (tertiary/aromatic N) is 1. The Balaban J connectivity index is 1.60. The third kappa shape index (κ3) is 4.07. The number of fused-ring (bicyclic) bond motifs is 1. The van der Waals surface area contributed by atoms with Crippen molar-refractivity contribution in [1.29, 1.82) is 0 Å². The van der Waals surface area contributed by atoms with Crippen molar-refractivity contribution in [3.63, 3.8) is 0 Å². The van der Waals surface area contributed by atoms with Gasteiger partial charge in [-0.2, -0.15) is 5.10 Å². The van der Waals surface area contributed by atoms with E-state index >= 15 is 0 Å². The molecule has 0 aliphatic heterocycles. The molecule has 0 saturated carbocycles. The zero-order valence-corrected chi connectivity index (χ0v) is 14.6. The molecule has 2 N–H and O–H groups in total. The molecule has 0 aliphatic carbocycles. The van der Waals surface area contributed by atoms with Crippen LogP contribution in [0.15, 0.2) is 47.6 Å². The Hall–Kier alpha value is -3.08. The first-order valence-corrected chi connectivity index (χ1v) is 8.13. The minimum absolute atomic E-state index is 0.0763. The molecule has 5 heteroatoms. The Kier molecular flexibility index (Phi) is 4.84. The normalized spacial score (nSPS) is 11.2. The van der Waals surface area contributed by atoms with E-state index in [1.807, 2.05) is 57.2 Å². The van der Waals surface area contributed by atoms with Crippen LogP contribution in [0.25, 0.3) is 10.9 Å². The summed E-state index contributed by atoms with van der Waals surface area (Å²) in [6.45, 7) is 5.89. The highest BCUT2D eigenvalue weighted by Crippen LogP contribution is 2.19. The van der Waals surface area contributed by atoms with Crippen molar-refractivity contribution in [2.45, 2.75) is 20.8 Å². The summed E-state index contributed by atoms with van der Waals surface area (Å²) < 4.78 is 5.52. The van der Waals surface area contributed by atoms with Gasteiger partial charge >= 0.3 is 0 Å². The minimum Gasteiger partial charge on any atom is -0.484 e. The summed E-state index contributed by atoms with van der Waals surface area (Å²) >= 11 is 0. The van der Waals surface area contributed by atoms with Crippen LogP contribution in [0.2, 0.25) is 0 Å². The lowest BCUT2D eigenvalue weighted by Gasteiger charge is -2.07. The van der Waals surface area contributed by atoms with Gasteiger partial charge in [0.25, 0.3) is 5.91 Å².